The summed E-state index contributed by atoms with van der Waals surface area (Å²) in [4.78, 5) is 18.8. The first-order valence-electron chi connectivity index (χ1n) is 12.5. The Bertz CT molecular complexity index is 1650. The van der Waals surface area contributed by atoms with Gasteiger partial charge in [-0.05, 0) is 42.3 Å². The minimum Gasteiger partial charge on any atom is -0.368 e. The maximum absolute atomic E-state index is 6.50. The number of nitrogens with two attached hydrogens (primary N) is 1. The van der Waals surface area contributed by atoms with Gasteiger partial charge in [0, 0.05) is 59.5 Å². The van der Waals surface area contributed by atoms with Gasteiger partial charge in [-0.3, -0.25) is 15.1 Å². The molecule has 0 aliphatic carbocycles. The fourth-order valence-electron chi connectivity index (χ4n) is 4.50. The summed E-state index contributed by atoms with van der Waals surface area (Å²) in [6, 6.07) is 26.1. The normalized spacial score (nSPS) is 11.9. The molecule has 4 aromatic heterocycles. The molecule has 0 amide bonds. The summed E-state index contributed by atoms with van der Waals surface area (Å²) in [5.74, 6) is 1.32. The summed E-state index contributed by atoms with van der Waals surface area (Å²) >= 11 is 0. The number of anilines is 1. The van der Waals surface area contributed by atoms with E-state index in [9.17, 15) is 0 Å². The SMILES string of the molecule is N[C@H](CNc1nc(-c2ccncc2)nc2c(-c3cccc(-c4ccn[nH]4)c3)nccc12)Cc1ccccc1. The van der Waals surface area contributed by atoms with Crippen molar-refractivity contribution in [1.29, 1.82) is 0 Å². The molecule has 0 saturated heterocycles. The number of fused-ring (bicyclic) bond motifs is 1. The average molecular weight is 499 g/mol. The van der Waals surface area contributed by atoms with Crippen LogP contribution in [0.1, 0.15) is 5.56 Å². The predicted molar refractivity (Wildman–Crippen MR) is 150 cm³/mol. The van der Waals surface area contributed by atoms with Gasteiger partial charge >= 0.3 is 0 Å². The first kappa shape index (κ1) is 23.4. The number of hydrogen-bond acceptors (Lipinski definition) is 7. The Kier molecular flexibility index (Phi) is 6.53. The summed E-state index contributed by atoms with van der Waals surface area (Å²) in [6.07, 6.45) is 7.78. The van der Waals surface area contributed by atoms with Crippen molar-refractivity contribution < 1.29 is 0 Å². The molecule has 0 spiro atoms. The highest BCUT2D eigenvalue weighted by atomic mass is 15.1. The summed E-state index contributed by atoms with van der Waals surface area (Å²) < 4.78 is 0. The number of pyridine rings is 2. The van der Waals surface area contributed by atoms with E-state index in [-0.39, 0.29) is 6.04 Å². The van der Waals surface area contributed by atoms with Crippen LogP contribution in [0.4, 0.5) is 5.82 Å². The van der Waals surface area contributed by atoms with Crippen molar-refractivity contribution in [3.05, 3.63) is 109 Å². The van der Waals surface area contributed by atoms with Gasteiger partial charge in [0.15, 0.2) is 5.82 Å². The Balaban J connectivity index is 1.41. The zero-order valence-corrected chi connectivity index (χ0v) is 20.6. The first-order chi connectivity index (χ1) is 18.7. The lowest BCUT2D eigenvalue weighted by Gasteiger charge is -2.16. The van der Waals surface area contributed by atoms with E-state index in [2.05, 4.69) is 38.7 Å². The molecule has 0 aliphatic heterocycles. The Labute approximate surface area is 220 Å². The van der Waals surface area contributed by atoms with Gasteiger partial charge in [0.05, 0.1) is 11.4 Å². The second-order valence-corrected chi connectivity index (χ2v) is 9.07. The molecular formula is C30H26N8. The molecule has 4 N–H and O–H groups in total. The molecule has 0 fully saturated rings. The number of rotatable bonds is 8. The topological polar surface area (TPSA) is 118 Å². The minimum absolute atomic E-state index is 0.0841. The summed E-state index contributed by atoms with van der Waals surface area (Å²) in [7, 11) is 0. The molecule has 0 bridgehead atoms. The van der Waals surface area contributed by atoms with E-state index < -0.39 is 0 Å². The van der Waals surface area contributed by atoms with Gasteiger partial charge in [-0.1, -0.05) is 48.5 Å². The van der Waals surface area contributed by atoms with Gasteiger partial charge in [0.1, 0.15) is 11.3 Å². The molecule has 38 heavy (non-hydrogen) atoms. The molecule has 2 aromatic carbocycles. The molecular weight excluding hydrogens is 472 g/mol. The van der Waals surface area contributed by atoms with Crippen LogP contribution in [0.25, 0.3) is 44.8 Å². The lowest BCUT2D eigenvalue weighted by atomic mass is 10.0. The van der Waals surface area contributed by atoms with E-state index in [0.717, 1.165) is 51.2 Å². The second kappa shape index (κ2) is 10.6. The first-order valence-corrected chi connectivity index (χ1v) is 12.5. The van der Waals surface area contributed by atoms with Crippen molar-refractivity contribution in [1.82, 2.24) is 30.1 Å². The Morgan fingerprint density at radius 1 is 0.789 bits per heavy atom. The van der Waals surface area contributed by atoms with Crippen LogP contribution in [0.5, 0.6) is 0 Å². The maximum atomic E-state index is 6.50. The second-order valence-electron chi connectivity index (χ2n) is 9.07. The molecule has 0 aliphatic rings. The summed E-state index contributed by atoms with van der Waals surface area (Å²) in [6.45, 7) is 0.559. The van der Waals surface area contributed by atoms with Crippen LogP contribution >= 0.6 is 0 Å². The van der Waals surface area contributed by atoms with Gasteiger partial charge in [0.25, 0.3) is 0 Å². The highest BCUT2D eigenvalue weighted by molar-refractivity contribution is 5.98. The number of aromatic amines is 1. The third kappa shape index (κ3) is 4.98. The Morgan fingerprint density at radius 2 is 1.63 bits per heavy atom. The van der Waals surface area contributed by atoms with Crippen LogP contribution in [0.15, 0.2) is 104 Å². The Morgan fingerprint density at radius 3 is 2.45 bits per heavy atom. The van der Waals surface area contributed by atoms with Crippen LogP contribution in [0.2, 0.25) is 0 Å². The predicted octanol–water partition coefficient (Wildman–Crippen LogP) is 5.13. The fraction of sp³-hybridized carbons (Fsp3) is 0.100. The van der Waals surface area contributed by atoms with Gasteiger partial charge in [-0.15, -0.1) is 0 Å². The van der Waals surface area contributed by atoms with Crippen molar-refractivity contribution in [2.45, 2.75) is 12.5 Å². The highest BCUT2D eigenvalue weighted by Crippen LogP contribution is 2.32. The molecule has 0 unspecified atom stereocenters. The molecule has 4 heterocycles. The zero-order chi connectivity index (χ0) is 25.7. The molecule has 1 atom stereocenters. The van der Waals surface area contributed by atoms with Crippen molar-refractivity contribution in [3.63, 3.8) is 0 Å². The lowest BCUT2D eigenvalue weighted by molar-refractivity contribution is 0.698. The quantitative estimate of drug-likeness (QED) is 0.266. The van der Waals surface area contributed by atoms with E-state index in [0.29, 0.717) is 12.4 Å². The van der Waals surface area contributed by atoms with Crippen LogP contribution in [0.3, 0.4) is 0 Å². The molecule has 186 valence electrons. The molecule has 8 heteroatoms. The van der Waals surface area contributed by atoms with Gasteiger partial charge in [0.2, 0.25) is 0 Å². The van der Waals surface area contributed by atoms with Gasteiger partial charge in [-0.2, -0.15) is 5.10 Å². The standard InChI is InChI=1S/C30H26N8/c31-24(17-20-5-2-1-3-6-20)19-34-30-25-11-15-33-27(23-8-4-7-22(18-23)26-12-16-35-38-26)28(25)36-29(37-30)21-9-13-32-14-10-21/h1-16,18,24H,17,19,31H2,(H,35,38)(H,34,36,37)/t24-/m0/s1. The summed E-state index contributed by atoms with van der Waals surface area (Å²) in [5.41, 5.74) is 13.0. The Hall–Kier alpha value is -4.95. The third-order valence-corrected chi connectivity index (χ3v) is 6.37. The molecule has 0 saturated carbocycles. The molecule has 0 radical (unpaired) electrons. The number of aromatic nitrogens is 6. The van der Waals surface area contributed by atoms with Crippen LogP contribution < -0.4 is 11.1 Å². The fourth-order valence-corrected chi connectivity index (χ4v) is 4.50. The van der Waals surface area contributed by atoms with Crippen molar-refractivity contribution in [3.8, 4) is 33.9 Å². The smallest absolute Gasteiger partial charge is 0.162 e. The van der Waals surface area contributed by atoms with E-state index in [1.54, 1.807) is 24.8 Å². The lowest BCUT2D eigenvalue weighted by Crippen LogP contribution is -2.31. The van der Waals surface area contributed by atoms with E-state index in [4.69, 9.17) is 20.7 Å². The largest absolute Gasteiger partial charge is 0.368 e. The van der Waals surface area contributed by atoms with Crippen molar-refractivity contribution in [2.75, 3.05) is 11.9 Å². The number of H-pyrrole nitrogens is 1. The third-order valence-electron chi connectivity index (χ3n) is 6.37. The van der Waals surface area contributed by atoms with Gasteiger partial charge < -0.3 is 11.1 Å². The number of nitrogens with one attached hydrogen (secondary N) is 2. The summed E-state index contributed by atoms with van der Waals surface area (Å²) in [5, 5.41) is 11.5. The van der Waals surface area contributed by atoms with E-state index >= 15 is 0 Å². The maximum Gasteiger partial charge on any atom is 0.162 e. The van der Waals surface area contributed by atoms with E-state index in [1.807, 2.05) is 60.7 Å². The van der Waals surface area contributed by atoms with Gasteiger partial charge in [-0.25, -0.2) is 9.97 Å². The van der Waals surface area contributed by atoms with E-state index in [1.165, 1.54) is 5.56 Å². The number of nitrogens with zero attached hydrogens (tertiary/aromatic N) is 5. The highest BCUT2D eigenvalue weighted by Gasteiger charge is 2.16. The van der Waals surface area contributed by atoms with Crippen LogP contribution in [0, 0.1) is 0 Å². The van der Waals surface area contributed by atoms with Crippen LogP contribution in [-0.4, -0.2) is 42.7 Å². The average Bonchev–Trinajstić information content (AvgIpc) is 3.52. The number of benzene rings is 2. The van der Waals surface area contributed by atoms with Crippen molar-refractivity contribution in [2.24, 2.45) is 5.73 Å². The number of hydrogen-bond donors (Lipinski definition) is 3. The minimum atomic E-state index is -0.0841. The van der Waals surface area contributed by atoms with Crippen molar-refractivity contribution >= 4 is 16.7 Å². The monoisotopic (exact) mass is 498 g/mol. The van der Waals surface area contributed by atoms with Crippen LogP contribution in [-0.2, 0) is 6.42 Å². The molecule has 6 aromatic rings. The molecule has 6 rings (SSSR count). The molecule has 8 nitrogen and oxygen atoms in total. The zero-order valence-electron chi connectivity index (χ0n) is 20.6.